The van der Waals surface area contributed by atoms with Crippen molar-refractivity contribution in [2.45, 2.75) is 32.6 Å². The summed E-state index contributed by atoms with van der Waals surface area (Å²) in [6.07, 6.45) is 0. The third-order valence-electron chi connectivity index (χ3n) is 3.71. The Morgan fingerprint density at radius 1 is 1.38 bits per heavy atom. The third kappa shape index (κ3) is 4.39. The second-order valence-electron chi connectivity index (χ2n) is 5.84. The Hall–Kier alpha value is -1.18. The van der Waals surface area contributed by atoms with Gasteiger partial charge < -0.3 is 0 Å². The maximum absolute atomic E-state index is 12.2. The van der Waals surface area contributed by atoms with E-state index < -0.39 is 20.6 Å². The number of nitro benzene ring substituents is 1. The molecule has 0 aliphatic rings. The first-order valence-electron chi connectivity index (χ1n) is 6.41. The van der Waals surface area contributed by atoms with E-state index in [4.69, 9.17) is 11.6 Å². The van der Waals surface area contributed by atoms with Crippen LogP contribution in [0, 0.1) is 21.4 Å². The highest BCUT2D eigenvalue weighted by Crippen LogP contribution is 2.28. The number of nitrogens with zero attached hydrogens (tertiary/aromatic N) is 1. The van der Waals surface area contributed by atoms with Crippen molar-refractivity contribution in [3.63, 3.8) is 0 Å². The molecule has 0 radical (unpaired) electrons. The average Bonchev–Trinajstić information content (AvgIpc) is 2.36. The summed E-state index contributed by atoms with van der Waals surface area (Å²) in [5.41, 5.74) is -0.659. The highest BCUT2D eigenvalue weighted by Gasteiger charge is 2.26. The minimum absolute atomic E-state index is 0.0959. The second kappa shape index (κ2) is 6.29. The van der Waals surface area contributed by atoms with Crippen LogP contribution in [0.15, 0.2) is 23.1 Å². The number of hydrogen-bond acceptors (Lipinski definition) is 4. The van der Waals surface area contributed by atoms with E-state index >= 15 is 0 Å². The van der Waals surface area contributed by atoms with Gasteiger partial charge in [0.2, 0.25) is 10.0 Å². The van der Waals surface area contributed by atoms with Crippen LogP contribution < -0.4 is 4.72 Å². The molecular formula is C13H19ClN2O4S. The summed E-state index contributed by atoms with van der Waals surface area (Å²) >= 11 is 5.68. The number of nitrogens with one attached hydrogen (secondary N) is 1. The van der Waals surface area contributed by atoms with Crippen molar-refractivity contribution in [1.29, 1.82) is 0 Å². The van der Waals surface area contributed by atoms with Crippen molar-refractivity contribution in [3.8, 4) is 0 Å². The summed E-state index contributed by atoms with van der Waals surface area (Å²) in [5, 5.41) is 10.7. The number of halogens is 1. The van der Waals surface area contributed by atoms with E-state index in [-0.39, 0.29) is 27.8 Å². The predicted octanol–water partition coefficient (Wildman–Crippen LogP) is 3.21. The van der Waals surface area contributed by atoms with Gasteiger partial charge in [0, 0.05) is 12.6 Å². The topological polar surface area (TPSA) is 89.3 Å². The SMILES string of the molecule is CC(C)C(C)(C)CNS(=O)(=O)c1ccc(Cl)c([N+](=O)[O-])c1. The van der Waals surface area contributed by atoms with Crippen molar-refractivity contribution in [1.82, 2.24) is 4.72 Å². The van der Waals surface area contributed by atoms with Crippen LogP contribution in [-0.4, -0.2) is 19.9 Å². The van der Waals surface area contributed by atoms with E-state index in [0.29, 0.717) is 0 Å². The predicted molar refractivity (Wildman–Crippen MR) is 81.9 cm³/mol. The second-order valence-corrected chi connectivity index (χ2v) is 8.01. The van der Waals surface area contributed by atoms with Crippen LogP contribution in [0.1, 0.15) is 27.7 Å². The van der Waals surface area contributed by atoms with Crippen LogP contribution in [0.4, 0.5) is 5.69 Å². The van der Waals surface area contributed by atoms with Gasteiger partial charge in [-0.25, -0.2) is 13.1 Å². The molecule has 0 unspecified atom stereocenters. The van der Waals surface area contributed by atoms with Gasteiger partial charge in [-0.3, -0.25) is 10.1 Å². The van der Waals surface area contributed by atoms with Crippen molar-refractivity contribution >= 4 is 27.3 Å². The summed E-state index contributed by atoms with van der Waals surface area (Å²) < 4.78 is 26.9. The molecule has 6 nitrogen and oxygen atoms in total. The van der Waals surface area contributed by atoms with E-state index in [2.05, 4.69) is 4.72 Å². The lowest BCUT2D eigenvalue weighted by Gasteiger charge is -2.29. The Labute approximate surface area is 129 Å². The fourth-order valence-electron chi connectivity index (χ4n) is 1.37. The molecule has 0 saturated heterocycles. The van der Waals surface area contributed by atoms with E-state index in [1.165, 1.54) is 12.1 Å². The molecule has 0 fully saturated rings. The van der Waals surface area contributed by atoms with E-state index in [9.17, 15) is 18.5 Å². The fourth-order valence-corrected chi connectivity index (χ4v) is 2.80. The van der Waals surface area contributed by atoms with Crippen molar-refractivity contribution in [3.05, 3.63) is 33.3 Å². The first kappa shape index (κ1) is 17.9. The number of benzene rings is 1. The maximum atomic E-state index is 12.2. The van der Waals surface area contributed by atoms with Crippen LogP contribution in [-0.2, 0) is 10.0 Å². The molecule has 0 aliphatic carbocycles. The molecular weight excluding hydrogens is 316 g/mol. The maximum Gasteiger partial charge on any atom is 0.289 e. The van der Waals surface area contributed by atoms with Crippen LogP contribution in [0.25, 0.3) is 0 Å². The molecule has 1 rings (SSSR count). The molecule has 118 valence electrons. The lowest BCUT2D eigenvalue weighted by atomic mass is 9.81. The lowest BCUT2D eigenvalue weighted by molar-refractivity contribution is -0.384. The number of rotatable bonds is 6. The van der Waals surface area contributed by atoms with Gasteiger partial charge >= 0.3 is 0 Å². The quantitative estimate of drug-likeness (QED) is 0.639. The zero-order valence-electron chi connectivity index (χ0n) is 12.4. The van der Waals surface area contributed by atoms with Gasteiger partial charge in [-0.2, -0.15) is 0 Å². The third-order valence-corrected chi connectivity index (χ3v) is 5.42. The lowest BCUT2D eigenvalue weighted by Crippen LogP contribution is -2.36. The molecule has 1 aromatic rings. The number of sulfonamides is 1. The zero-order valence-corrected chi connectivity index (χ0v) is 14.0. The van der Waals surface area contributed by atoms with Crippen LogP contribution in [0.3, 0.4) is 0 Å². The molecule has 1 N–H and O–H groups in total. The van der Waals surface area contributed by atoms with E-state index in [1.54, 1.807) is 0 Å². The standard InChI is InChI=1S/C13H19ClN2O4S/c1-9(2)13(3,4)8-15-21(19,20)10-5-6-11(14)12(7-10)16(17)18/h5-7,9,15H,8H2,1-4H3. The molecule has 0 bridgehead atoms. The smallest absolute Gasteiger partial charge is 0.258 e. The van der Waals surface area contributed by atoms with E-state index in [1.807, 2.05) is 27.7 Å². The molecule has 21 heavy (non-hydrogen) atoms. The molecule has 0 saturated carbocycles. The van der Waals surface area contributed by atoms with Crippen LogP contribution >= 0.6 is 11.6 Å². The van der Waals surface area contributed by atoms with Crippen molar-refractivity contribution < 1.29 is 13.3 Å². The Morgan fingerprint density at radius 2 is 1.95 bits per heavy atom. The van der Waals surface area contributed by atoms with Crippen molar-refractivity contribution in [2.24, 2.45) is 11.3 Å². The van der Waals surface area contributed by atoms with Gasteiger partial charge in [0.15, 0.2) is 0 Å². The molecule has 0 aromatic heterocycles. The monoisotopic (exact) mass is 334 g/mol. The molecule has 8 heteroatoms. The molecule has 1 aromatic carbocycles. The normalized spacial score (nSPS) is 12.7. The summed E-state index contributed by atoms with van der Waals surface area (Å²) in [6, 6.07) is 3.43. The highest BCUT2D eigenvalue weighted by atomic mass is 35.5. The van der Waals surface area contributed by atoms with Crippen LogP contribution in [0.2, 0.25) is 5.02 Å². The zero-order chi connectivity index (χ0) is 16.4. The summed E-state index contributed by atoms with van der Waals surface area (Å²) in [6.45, 7) is 8.14. The minimum Gasteiger partial charge on any atom is -0.258 e. The van der Waals surface area contributed by atoms with Gasteiger partial charge in [0.1, 0.15) is 5.02 Å². The van der Waals surface area contributed by atoms with E-state index in [0.717, 1.165) is 6.07 Å². The van der Waals surface area contributed by atoms with Crippen molar-refractivity contribution in [2.75, 3.05) is 6.54 Å². The molecule has 0 heterocycles. The van der Waals surface area contributed by atoms with Gasteiger partial charge in [0.25, 0.3) is 5.69 Å². The highest BCUT2D eigenvalue weighted by molar-refractivity contribution is 7.89. The van der Waals surface area contributed by atoms with Gasteiger partial charge in [-0.15, -0.1) is 0 Å². The fraction of sp³-hybridized carbons (Fsp3) is 0.538. The molecule has 0 atom stereocenters. The Balaban J connectivity index is 3.04. The number of nitro groups is 1. The average molecular weight is 335 g/mol. The van der Waals surface area contributed by atoms with Crippen LogP contribution in [0.5, 0.6) is 0 Å². The molecule has 0 amide bonds. The minimum atomic E-state index is -3.81. The Bertz CT molecular complexity index is 642. The van der Waals surface area contributed by atoms with Gasteiger partial charge in [-0.05, 0) is 23.5 Å². The Kier molecular flexibility index (Phi) is 5.35. The Morgan fingerprint density at radius 3 is 2.43 bits per heavy atom. The van der Waals surface area contributed by atoms with Gasteiger partial charge in [0.05, 0.1) is 9.82 Å². The molecule has 0 aliphatic heterocycles. The summed E-state index contributed by atoms with van der Waals surface area (Å²) in [5.74, 6) is 0.278. The number of hydrogen-bond donors (Lipinski definition) is 1. The first-order chi connectivity index (χ1) is 9.47. The largest absolute Gasteiger partial charge is 0.289 e. The summed E-state index contributed by atoms with van der Waals surface area (Å²) in [4.78, 5) is 9.94. The first-order valence-corrected chi connectivity index (χ1v) is 8.27. The summed E-state index contributed by atoms with van der Waals surface area (Å²) in [7, 11) is -3.81. The van der Waals surface area contributed by atoms with Gasteiger partial charge in [-0.1, -0.05) is 39.3 Å². The molecule has 0 spiro atoms.